The summed E-state index contributed by atoms with van der Waals surface area (Å²) in [5.41, 5.74) is 2.69. The smallest absolute Gasteiger partial charge is 0.260 e. The molecule has 2 aromatic rings. The third-order valence-electron chi connectivity index (χ3n) is 6.11. The van der Waals surface area contributed by atoms with E-state index in [1.54, 1.807) is 6.07 Å². The maximum atomic E-state index is 13.6. The molecule has 2 N–H and O–H groups in total. The van der Waals surface area contributed by atoms with Crippen LogP contribution in [0.3, 0.4) is 0 Å². The van der Waals surface area contributed by atoms with Crippen molar-refractivity contribution in [2.75, 3.05) is 23.3 Å². The van der Waals surface area contributed by atoms with Gasteiger partial charge in [0.15, 0.2) is 0 Å². The van der Waals surface area contributed by atoms with Gasteiger partial charge in [0.2, 0.25) is 0 Å². The highest BCUT2D eigenvalue weighted by atomic mass is 19.1. The minimum atomic E-state index is -0.649. The zero-order valence-electron chi connectivity index (χ0n) is 17.5. The zero-order valence-corrected chi connectivity index (χ0v) is 17.5. The molecule has 0 bridgehead atoms. The number of piperidine rings is 1. The SMILES string of the molecule is CC1(C)OC(=C2C(=O)Nc3cc(F)ccc32)C=C1c1ccc(N2CCC(O)CC2)nc1. The number of aliphatic hydroxyl groups is 1. The Morgan fingerprint density at radius 1 is 1.23 bits per heavy atom. The van der Waals surface area contributed by atoms with Crippen LogP contribution < -0.4 is 10.2 Å². The van der Waals surface area contributed by atoms with Crippen LogP contribution in [0.1, 0.15) is 37.8 Å². The van der Waals surface area contributed by atoms with Crippen LogP contribution in [0.5, 0.6) is 0 Å². The Labute approximate surface area is 180 Å². The summed E-state index contributed by atoms with van der Waals surface area (Å²) in [5, 5.41) is 12.4. The lowest BCUT2D eigenvalue weighted by molar-refractivity contribution is -0.111. The summed E-state index contributed by atoms with van der Waals surface area (Å²) >= 11 is 0. The van der Waals surface area contributed by atoms with Crippen molar-refractivity contribution in [3.8, 4) is 0 Å². The van der Waals surface area contributed by atoms with Crippen LogP contribution in [0.4, 0.5) is 15.9 Å². The van der Waals surface area contributed by atoms with Gasteiger partial charge in [0.1, 0.15) is 23.0 Å². The minimum absolute atomic E-state index is 0.224. The molecule has 3 aliphatic rings. The Kier molecular flexibility index (Phi) is 4.59. The van der Waals surface area contributed by atoms with E-state index in [0.29, 0.717) is 22.6 Å². The van der Waals surface area contributed by atoms with Gasteiger partial charge < -0.3 is 20.1 Å². The molecule has 5 rings (SSSR count). The fourth-order valence-corrected chi connectivity index (χ4v) is 4.44. The van der Waals surface area contributed by atoms with Gasteiger partial charge in [0.05, 0.1) is 17.4 Å². The van der Waals surface area contributed by atoms with Crippen LogP contribution in [-0.2, 0) is 9.53 Å². The van der Waals surface area contributed by atoms with E-state index in [-0.39, 0.29) is 12.0 Å². The first-order valence-electron chi connectivity index (χ1n) is 10.5. The first-order chi connectivity index (χ1) is 14.8. The number of hydrogen-bond donors (Lipinski definition) is 2. The Morgan fingerprint density at radius 3 is 2.71 bits per heavy atom. The van der Waals surface area contributed by atoms with Crippen molar-refractivity contribution in [1.29, 1.82) is 0 Å². The molecule has 4 heterocycles. The van der Waals surface area contributed by atoms with Crippen LogP contribution in [0.15, 0.2) is 48.4 Å². The Bertz CT molecular complexity index is 1110. The van der Waals surface area contributed by atoms with Crippen LogP contribution in [0.2, 0.25) is 0 Å². The molecule has 1 amide bonds. The van der Waals surface area contributed by atoms with Crippen molar-refractivity contribution in [2.45, 2.75) is 38.4 Å². The number of pyridine rings is 1. The molecule has 1 aromatic heterocycles. The molecule has 0 atom stereocenters. The summed E-state index contributed by atoms with van der Waals surface area (Å²) in [6, 6.07) is 8.24. The molecule has 3 aliphatic heterocycles. The summed E-state index contributed by atoms with van der Waals surface area (Å²) in [7, 11) is 0. The van der Waals surface area contributed by atoms with Crippen molar-refractivity contribution in [3.63, 3.8) is 0 Å². The molecule has 6 nitrogen and oxygen atoms in total. The Hall–Kier alpha value is -3.19. The van der Waals surface area contributed by atoms with E-state index < -0.39 is 11.4 Å². The van der Waals surface area contributed by atoms with Gasteiger partial charge >= 0.3 is 0 Å². The maximum Gasteiger partial charge on any atom is 0.260 e. The number of nitrogens with zero attached hydrogens (tertiary/aromatic N) is 2. The van der Waals surface area contributed by atoms with Crippen molar-refractivity contribution in [1.82, 2.24) is 4.98 Å². The van der Waals surface area contributed by atoms with Crippen molar-refractivity contribution >= 4 is 28.6 Å². The number of hydrogen-bond acceptors (Lipinski definition) is 5. The van der Waals surface area contributed by atoms with Crippen LogP contribution in [0.25, 0.3) is 11.1 Å². The number of rotatable bonds is 2. The average Bonchev–Trinajstić information content (AvgIpc) is 3.23. The highest BCUT2D eigenvalue weighted by molar-refractivity contribution is 6.32. The van der Waals surface area contributed by atoms with Gasteiger partial charge in [-0.05, 0) is 63.1 Å². The lowest BCUT2D eigenvalue weighted by atomic mass is 9.93. The molecule has 7 heteroatoms. The fraction of sp³-hybridized carbons (Fsp3) is 0.333. The Morgan fingerprint density at radius 2 is 2.00 bits per heavy atom. The van der Waals surface area contributed by atoms with Crippen molar-refractivity contribution < 1.29 is 19.0 Å². The normalized spacial score (nSPS) is 22.8. The highest BCUT2D eigenvalue weighted by Crippen LogP contribution is 2.44. The molecule has 0 radical (unpaired) electrons. The number of benzene rings is 1. The van der Waals surface area contributed by atoms with E-state index in [2.05, 4.69) is 15.2 Å². The topological polar surface area (TPSA) is 74.7 Å². The molecule has 0 aliphatic carbocycles. The molecule has 0 saturated carbocycles. The second-order valence-corrected chi connectivity index (χ2v) is 8.68. The number of aliphatic hydroxyl groups excluding tert-OH is 1. The van der Waals surface area contributed by atoms with E-state index in [4.69, 9.17) is 4.74 Å². The predicted octanol–water partition coefficient (Wildman–Crippen LogP) is 3.74. The lowest BCUT2D eigenvalue weighted by Crippen LogP contribution is -2.36. The number of fused-ring (bicyclic) bond motifs is 1. The second-order valence-electron chi connectivity index (χ2n) is 8.68. The summed E-state index contributed by atoms with van der Waals surface area (Å²) in [6.07, 6.45) is 4.97. The highest BCUT2D eigenvalue weighted by Gasteiger charge is 2.38. The summed E-state index contributed by atoms with van der Waals surface area (Å²) in [6.45, 7) is 5.47. The number of anilines is 2. The molecule has 1 saturated heterocycles. The van der Waals surface area contributed by atoms with E-state index in [9.17, 15) is 14.3 Å². The van der Waals surface area contributed by atoms with Crippen LogP contribution in [-0.4, -0.2) is 40.8 Å². The number of nitrogens with one attached hydrogen (secondary N) is 1. The van der Waals surface area contributed by atoms with Crippen molar-refractivity contribution in [2.24, 2.45) is 0 Å². The van der Waals surface area contributed by atoms with E-state index in [1.165, 1.54) is 12.1 Å². The number of ether oxygens (including phenoxy) is 1. The van der Waals surface area contributed by atoms with Crippen LogP contribution >= 0.6 is 0 Å². The summed E-state index contributed by atoms with van der Waals surface area (Å²) in [4.78, 5) is 19.4. The summed E-state index contributed by atoms with van der Waals surface area (Å²) in [5.74, 6) is 0.655. The van der Waals surface area contributed by atoms with Gasteiger partial charge in [-0.1, -0.05) is 0 Å². The minimum Gasteiger partial charge on any atom is -0.482 e. The average molecular weight is 421 g/mol. The summed E-state index contributed by atoms with van der Waals surface area (Å²) < 4.78 is 19.7. The second kappa shape index (κ2) is 7.20. The number of allylic oxidation sites excluding steroid dienone is 1. The first kappa shape index (κ1) is 19.8. The third-order valence-corrected chi connectivity index (χ3v) is 6.11. The molecular formula is C24H24FN3O3. The van der Waals surface area contributed by atoms with Crippen molar-refractivity contribution in [3.05, 3.63) is 65.3 Å². The third kappa shape index (κ3) is 3.49. The predicted molar refractivity (Wildman–Crippen MR) is 117 cm³/mol. The van der Waals surface area contributed by atoms with Gasteiger partial charge in [0, 0.05) is 36.0 Å². The van der Waals surface area contributed by atoms with Gasteiger partial charge in [0.25, 0.3) is 5.91 Å². The molecule has 1 fully saturated rings. The quantitative estimate of drug-likeness (QED) is 0.723. The van der Waals surface area contributed by atoms with E-state index >= 15 is 0 Å². The largest absolute Gasteiger partial charge is 0.482 e. The number of amides is 1. The van der Waals surface area contributed by atoms with Gasteiger partial charge in [-0.3, -0.25) is 4.79 Å². The molecular weight excluding hydrogens is 397 g/mol. The monoisotopic (exact) mass is 421 g/mol. The first-order valence-corrected chi connectivity index (χ1v) is 10.5. The fourth-order valence-electron chi connectivity index (χ4n) is 4.44. The molecule has 0 spiro atoms. The molecule has 1 aromatic carbocycles. The molecule has 160 valence electrons. The number of carbonyl (C=O) groups excluding carboxylic acids is 1. The number of carbonyl (C=O) groups is 1. The van der Waals surface area contributed by atoms with E-state index in [1.807, 2.05) is 38.3 Å². The molecule has 0 unspecified atom stereocenters. The number of aromatic nitrogens is 1. The van der Waals surface area contributed by atoms with Gasteiger partial charge in [-0.2, -0.15) is 0 Å². The number of halogens is 1. The standard InChI is InChI=1S/C24H24FN3O3/c1-24(2)18(14-3-6-21(26-13-14)28-9-7-16(29)8-10-28)12-20(31-24)22-17-5-4-15(25)11-19(17)27-23(22)30/h3-6,11-13,16,29H,7-10H2,1-2H3,(H,27,30). The van der Waals surface area contributed by atoms with Gasteiger partial charge in [-0.25, -0.2) is 9.37 Å². The van der Waals surface area contributed by atoms with E-state index in [0.717, 1.165) is 42.9 Å². The maximum absolute atomic E-state index is 13.6. The molecule has 31 heavy (non-hydrogen) atoms. The lowest BCUT2D eigenvalue weighted by Gasteiger charge is -2.30. The van der Waals surface area contributed by atoms with Crippen LogP contribution in [0, 0.1) is 5.82 Å². The van der Waals surface area contributed by atoms with Gasteiger partial charge in [-0.15, -0.1) is 0 Å². The zero-order chi connectivity index (χ0) is 21.8. The Balaban J connectivity index is 1.48.